The predicted molar refractivity (Wildman–Crippen MR) is 110 cm³/mol. The number of carbonyl (C=O) groups is 3. The summed E-state index contributed by atoms with van der Waals surface area (Å²) in [5, 5.41) is 8.16. The van der Waals surface area contributed by atoms with Gasteiger partial charge >= 0.3 is 0 Å². The maximum absolute atomic E-state index is 12.8. The Bertz CT molecular complexity index is 891. The lowest BCUT2D eigenvalue weighted by atomic mass is 10.1. The molecule has 0 aromatic heterocycles. The quantitative estimate of drug-likeness (QED) is 0.552. The average Bonchev–Trinajstić information content (AvgIpc) is 2.68. The van der Waals surface area contributed by atoms with Crippen LogP contribution in [-0.2, 0) is 16.0 Å². The van der Waals surface area contributed by atoms with Gasteiger partial charge in [0.25, 0.3) is 5.91 Å². The molecule has 2 aromatic rings. The first kappa shape index (κ1) is 22.6. The van der Waals surface area contributed by atoms with E-state index in [4.69, 9.17) is 23.2 Å². The minimum Gasteiger partial charge on any atom is -0.354 e. The van der Waals surface area contributed by atoms with E-state index in [1.807, 2.05) is 0 Å². The zero-order chi connectivity index (χ0) is 21.4. The van der Waals surface area contributed by atoms with Gasteiger partial charge in [-0.05, 0) is 36.8 Å². The third-order valence-corrected chi connectivity index (χ3v) is 4.78. The summed E-state index contributed by atoms with van der Waals surface area (Å²) in [4.78, 5) is 36.2. The second-order valence-corrected chi connectivity index (χ2v) is 7.03. The fourth-order valence-corrected chi connectivity index (χ4v) is 2.80. The van der Waals surface area contributed by atoms with Gasteiger partial charge in [-0.3, -0.25) is 14.4 Å². The smallest absolute Gasteiger partial charge is 0.253 e. The molecule has 0 aliphatic carbocycles. The third-order valence-electron chi connectivity index (χ3n) is 3.96. The monoisotopic (exact) mass is 439 g/mol. The lowest BCUT2D eigenvalue weighted by Gasteiger charge is -2.15. The lowest BCUT2D eigenvalue weighted by Crippen LogP contribution is -2.46. The highest BCUT2D eigenvalue weighted by atomic mass is 35.5. The van der Waals surface area contributed by atoms with Gasteiger partial charge in [0, 0.05) is 13.1 Å². The van der Waals surface area contributed by atoms with Crippen LogP contribution < -0.4 is 16.0 Å². The highest BCUT2D eigenvalue weighted by molar-refractivity contribution is 6.43. The first-order valence-electron chi connectivity index (χ1n) is 8.81. The van der Waals surface area contributed by atoms with Crippen molar-refractivity contribution < 1.29 is 18.8 Å². The Kier molecular flexibility index (Phi) is 8.42. The maximum atomic E-state index is 12.8. The summed E-state index contributed by atoms with van der Waals surface area (Å²) >= 11 is 11.9. The normalized spacial score (nSPS) is 11.4. The summed E-state index contributed by atoms with van der Waals surface area (Å²) in [7, 11) is 0. The van der Waals surface area contributed by atoms with Gasteiger partial charge in [-0.1, -0.05) is 41.4 Å². The molecule has 2 rings (SSSR count). The first-order chi connectivity index (χ1) is 13.8. The molecule has 29 heavy (non-hydrogen) atoms. The van der Waals surface area contributed by atoms with Crippen LogP contribution in [0, 0.1) is 5.82 Å². The second kappa shape index (κ2) is 10.8. The van der Waals surface area contributed by atoms with Crippen LogP contribution in [0.25, 0.3) is 0 Å². The minimum absolute atomic E-state index is 0.112. The fraction of sp³-hybridized carbons (Fsp3) is 0.250. The zero-order valence-electron chi connectivity index (χ0n) is 15.6. The van der Waals surface area contributed by atoms with Gasteiger partial charge < -0.3 is 16.0 Å². The largest absolute Gasteiger partial charge is 0.354 e. The van der Waals surface area contributed by atoms with E-state index in [9.17, 15) is 18.8 Å². The van der Waals surface area contributed by atoms with Crippen LogP contribution in [0.15, 0.2) is 42.5 Å². The van der Waals surface area contributed by atoms with Crippen molar-refractivity contribution in [2.45, 2.75) is 19.4 Å². The predicted octanol–water partition coefficient (Wildman–Crippen LogP) is 2.73. The Morgan fingerprint density at radius 2 is 1.66 bits per heavy atom. The van der Waals surface area contributed by atoms with Gasteiger partial charge in [0.15, 0.2) is 0 Å². The highest BCUT2D eigenvalue weighted by Gasteiger charge is 2.19. The molecule has 9 heteroatoms. The first-order valence-corrected chi connectivity index (χ1v) is 9.57. The van der Waals surface area contributed by atoms with Gasteiger partial charge in [-0.2, -0.15) is 0 Å². The molecule has 3 N–H and O–H groups in total. The van der Waals surface area contributed by atoms with Crippen molar-refractivity contribution in [1.29, 1.82) is 0 Å². The van der Waals surface area contributed by atoms with E-state index in [2.05, 4.69) is 16.0 Å². The Labute approximate surface area is 177 Å². The number of amides is 3. The number of hydrogen-bond donors (Lipinski definition) is 3. The Balaban J connectivity index is 1.71. The lowest BCUT2D eigenvalue weighted by molar-refractivity contribution is -0.123. The number of rotatable bonds is 8. The molecule has 0 spiro atoms. The molecule has 0 fully saturated rings. The highest BCUT2D eigenvalue weighted by Crippen LogP contribution is 2.25. The summed E-state index contributed by atoms with van der Waals surface area (Å²) in [6.07, 6.45) is 0.112. The molecule has 0 bridgehead atoms. The molecule has 154 valence electrons. The van der Waals surface area contributed by atoms with Crippen LogP contribution in [0.4, 0.5) is 4.39 Å². The molecular weight excluding hydrogens is 420 g/mol. The van der Waals surface area contributed by atoms with Crippen LogP contribution in [-0.4, -0.2) is 36.9 Å². The molecule has 2 aromatic carbocycles. The van der Waals surface area contributed by atoms with E-state index < -0.39 is 17.9 Å². The van der Waals surface area contributed by atoms with Crippen LogP contribution in [0.5, 0.6) is 0 Å². The second-order valence-electron chi connectivity index (χ2n) is 6.24. The Morgan fingerprint density at radius 1 is 1.00 bits per heavy atom. The molecule has 0 radical (unpaired) electrons. The van der Waals surface area contributed by atoms with Crippen molar-refractivity contribution in [3.05, 3.63) is 69.5 Å². The van der Waals surface area contributed by atoms with Gasteiger partial charge in [0.1, 0.15) is 11.9 Å². The molecule has 0 saturated heterocycles. The number of nitrogens with one attached hydrogen (secondary N) is 3. The fourth-order valence-electron chi connectivity index (χ4n) is 2.41. The summed E-state index contributed by atoms with van der Waals surface area (Å²) < 4.78 is 12.8. The summed E-state index contributed by atoms with van der Waals surface area (Å²) in [5.74, 6) is -1.55. The van der Waals surface area contributed by atoms with E-state index in [1.165, 1.54) is 37.3 Å². The van der Waals surface area contributed by atoms with Crippen LogP contribution >= 0.6 is 23.2 Å². The average molecular weight is 440 g/mol. The van der Waals surface area contributed by atoms with Crippen LogP contribution in [0.2, 0.25) is 10.0 Å². The molecule has 0 aliphatic heterocycles. The van der Waals surface area contributed by atoms with Gasteiger partial charge in [0.2, 0.25) is 11.8 Å². The van der Waals surface area contributed by atoms with Crippen molar-refractivity contribution >= 4 is 40.9 Å². The van der Waals surface area contributed by atoms with Crippen molar-refractivity contribution in [2.75, 3.05) is 13.1 Å². The Hall–Kier alpha value is -2.64. The third kappa shape index (κ3) is 7.03. The zero-order valence-corrected chi connectivity index (χ0v) is 17.1. The number of benzene rings is 2. The Morgan fingerprint density at radius 3 is 2.34 bits per heavy atom. The molecule has 1 atom stereocenters. The molecular formula is C20H20Cl2FN3O3. The van der Waals surface area contributed by atoms with E-state index >= 15 is 0 Å². The molecule has 1 unspecified atom stereocenters. The molecule has 0 saturated carbocycles. The summed E-state index contributed by atoms with van der Waals surface area (Å²) in [5.41, 5.74) is 0.857. The van der Waals surface area contributed by atoms with E-state index in [0.717, 1.165) is 0 Å². The van der Waals surface area contributed by atoms with E-state index in [1.54, 1.807) is 12.1 Å². The van der Waals surface area contributed by atoms with Crippen LogP contribution in [0.1, 0.15) is 22.8 Å². The van der Waals surface area contributed by atoms with Crippen molar-refractivity contribution in [2.24, 2.45) is 0 Å². The molecule has 0 aliphatic rings. The maximum Gasteiger partial charge on any atom is 0.253 e. The van der Waals surface area contributed by atoms with E-state index in [-0.39, 0.29) is 46.8 Å². The molecule has 0 heterocycles. The van der Waals surface area contributed by atoms with Crippen molar-refractivity contribution in [1.82, 2.24) is 16.0 Å². The van der Waals surface area contributed by atoms with Gasteiger partial charge in [-0.25, -0.2) is 4.39 Å². The van der Waals surface area contributed by atoms with Crippen LogP contribution in [0.3, 0.4) is 0 Å². The van der Waals surface area contributed by atoms with Crippen molar-refractivity contribution in [3.8, 4) is 0 Å². The number of hydrogen-bond acceptors (Lipinski definition) is 3. The van der Waals surface area contributed by atoms with Gasteiger partial charge in [-0.15, -0.1) is 0 Å². The molecule has 6 nitrogen and oxygen atoms in total. The SMILES string of the molecule is CC(NC(=O)c1cccc(Cl)c1Cl)C(=O)NCCNC(=O)Cc1ccc(F)cc1. The molecule has 3 amide bonds. The number of halogens is 3. The van der Waals surface area contributed by atoms with Crippen molar-refractivity contribution in [3.63, 3.8) is 0 Å². The minimum atomic E-state index is -0.813. The topological polar surface area (TPSA) is 87.3 Å². The summed E-state index contributed by atoms with van der Waals surface area (Å²) in [6, 6.07) is 9.48. The number of carbonyl (C=O) groups excluding carboxylic acids is 3. The standard InChI is InChI=1S/C20H20Cl2FN3O3/c1-12(26-20(29)15-3-2-4-16(21)18(15)22)19(28)25-10-9-24-17(27)11-13-5-7-14(23)8-6-13/h2-8,12H,9-11H2,1H3,(H,24,27)(H,25,28)(H,26,29). The summed E-state index contributed by atoms with van der Waals surface area (Å²) in [6.45, 7) is 1.93. The van der Waals surface area contributed by atoms with Gasteiger partial charge in [0.05, 0.1) is 22.0 Å². The van der Waals surface area contributed by atoms with E-state index in [0.29, 0.717) is 5.56 Å².